The number of hydrogen-bond donors (Lipinski definition) is 1. The highest BCUT2D eigenvalue weighted by atomic mass is 16.5. The van der Waals surface area contributed by atoms with Crippen molar-refractivity contribution in [3.05, 3.63) is 24.5 Å². The molecule has 2 aliphatic rings. The number of aromatic nitrogens is 1. The summed E-state index contributed by atoms with van der Waals surface area (Å²) in [5.74, 6) is 0.619. The molecule has 0 aromatic carbocycles. The fourth-order valence-electron chi connectivity index (χ4n) is 3.29. The summed E-state index contributed by atoms with van der Waals surface area (Å²) in [4.78, 5) is 32.4. The second-order valence-corrected chi connectivity index (χ2v) is 6.07. The SMILES string of the molecule is CN1CCNC(=O)C12CCN(C(=O)COc1cccnc1)CC2. The maximum atomic E-state index is 12.3. The molecule has 1 aromatic rings. The number of hydrogen-bond acceptors (Lipinski definition) is 5. The van der Waals surface area contributed by atoms with Crippen LogP contribution in [0.1, 0.15) is 12.8 Å². The number of likely N-dealkylation sites (N-methyl/N-ethyl adjacent to an activating group) is 1. The van der Waals surface area contributed by atoms with Gasteiger partial charge in [0, 0.05) is 32.4 Å². The van der Waals surface area contributed by atoms with E-state index in [2.05, 4.69) is 15.2 Å². The Morgan fingerprint density at radius 2 is 2.17 bits per heavy atom. The van der Waals surface area contributed by atoms with Crippen molar-refractivity contribution in [3.8, 4) is 5.75 Å². The highest BCUT2D eigenvalue weighted by Crippen LogP contribution is 2.30. The molecule has 23 heavy (non-hydrogen) atoms. The van der Waals surface area contributed by atoms with Gasteiger partial charge in [0.1, 0.15) is 11.3 Å². The molecule has 1 aromatic heterocycles. The van der Waals surface area contributed by atoms with Gasteiger partial charge in [0.25, 0.3) is 5.91 Å². The average molecular weight is 318 g/mol. The number of piperidine rings is 1. The van der Waals surface area contributed by atoms with Crippen molar-refractivity contribution < 1.29 is 14.3 Å². The number of nitrogens with zero attached hydrogens (tertiary/aromatic N) is 3. The first-order valence-electron chi connectivity index (χ1n) is 7.92. The van der Waals surface area contributed by atoms with Crippen LogP contribution in [-0.2, 0) is 9.59 Å². The van der Waals surface area contributed by atoms with E-state index in [1.54, 1.807) is 29.4 Å². The molecule has 2 amide bonds. The van der Waals surface area contributed by atoms with Gasteiger partial charge in [-0.3, -0.25) is 19.5 Å². The Hall–Kier alpha value is -2.15. The number of ether oxygens (including phenoxy) is 1. The molecule has 3 rings (SSSR count). The maximum Gasteiger partial charge on any atom is 0.260 e. The second kappa shape index (κ2) is 6.54. The van der Waals surface area contributed by atoms with Crippen molar-refractivity contribution in [2.24, 2.45) is 0 Å². The summed E-state index contributed by atoms with van der Waals surface area (Å²) < 4.78 is 5.46. The van der Waals surface area contributed by atoms with Crippen LogP contribution in [0.5, 0.6) is 5.75 Å². The number of nitrogens with one attached hydrogen (secondary N) is 1. The molecular formula is C16H22N4O3. The van der Waals surface area contributed by atoms with Gasteiger partial charge in [-0.15, -0.1) is 0 Å². The van der Waals surface area contributed by atoms with Gasteiger partial charge in [0.2, 0.25) is 5.91 Å². The first kappa shape index (κ1) is 15.7. The summed E-state index contributed by atoms with van der Waals surface area (Å²) >= 11 is 0. The molecule has 1 N–H and O–H groups in total. The standard InChI is InChI=1S/C16H22N4O3/c1-19-10-7-18-15(22)16(19)4-8-20(9-5-16)14(21)12-23-13-3-2-6-17-11-13/h2-3,6,11H,4-5,7-10,12H2,1H3,(H,18,22). The van der Waals surface area contributed by atoms with Gasteiger partial charge in [-0.05, 0) is 32.0 Å². The predicted octanol–water partition coefficient (Wildman–Crippen LogP) is -0.117. The number of pyridine rings is 1. The van der Waals surface area contributed by atoms with E-state index in [1.807, 2.05) is 7.05 Å². The van der Waals surface area contributed by atoms with Crippen molar-refractivity contribution in [3.63, 3.8) is 0 Å². The molecule has 2 fully saturated rings. The largest absolute Gasteiger partial charge is 0.482 e. The van der Waals surface area contributed by atoms with Crippen molar-refractivity contribution in [2.75, 3.05) is 39.8 Å². The van der Waals surface area contributed by atoms with Crippen molar-refractivity contribution in [2.45, 2.75) is 18.4 Å². The van der Waals surface area contributed by atoms with Crippen LogP contribution in [0.25, 0.3) is 0 Å². The van der Waals surface area contributed by atoms with E-state index in [0.29, 0.717) is 38.2 Å². The monoisotopic (exact) mass is 318 g/mol. The molecule has 0 unspecified atom stereocenters. The van der Waals surface area contributed by atoms with E-state index in [9.17, 15) is 9.59 Å². The van der Waals surface area contributed by atoms with Gasteiger partial charge in [0.05, 0.1) is 6.20 Å². The molecule has 3 heterocycles. The number of piperazine rings is 1. The van der Waals surface area contributed by atoms with Gasteiger partial charge in [-0.25, -0.2) is 0 Å². The molecule has 0 bridgehead atoms. The molecule has 0 aliphatic carbocycles. The van der Waals surface area contributed by atoms with Crippen molar-refractivity contribution in [1.29, 1.82) is 0 Å². The van der Waals surface area contributed by atoms with Crippen molar-refractivity contribution in [1.82, 2.24) is 20.1 Å². The van der Waals surface area contributed by atoms with E-state index < -0.39 is 5.54 Å². The molecule has 2 aliphatic heterocycles. The van der Waals surface area contributed by atoms with Crippen LogP contribution in [0.2, 0.25) is 0 Å². The minimum atomic E-state index is -0.459. The first-order valence-corrected chi connectivity index (χ1v) is 7.92. The van der Waals surface area contributed by atoms with Crippen LogP contribution in [0, 0.1) is 0 Å². The number of amides is 2. The number of carbonyl (C=O) groups is 2. The average Bonchev–Trinajstić information content (AvgIpc) is 2.59. The first-order chi connectivity index (χ1) is 11.1. The summed E-state index contributed by atoms with van der Waals surface area (Å²) in [5, 5.41) is 2.95. The summed E-state index contributed by atoms with van der Waals surface area (Å²) in [6, 6.07) is 3.54. The van der Waals surface area contributed by atoms with Gasteiger partial charge < -0.3 is 15.0 Å². The molecule has 2 saturated heterocycles. The topological polar surface area (TPSA) is 74.8 Å². The molecule has 7 heteroatoms. The zero-order valence-electron chi connectivity index (χ0n) is 13.3. The maximum absolute atomic E-state index is 12.3. The summed E-state index contributed by atoms with van der Waals surface area (Å²) in [6.45, 7) is 2.70. The van der Waals surface area contributed by atoms with Crippen LogP contribution in [-0.4, -0.2) is 72.0 Å². The van der Waals surface area contributed by atoms with Crippen LogP contribution >= 0.6 is 0 Å². The lowest BCUT2D eigenvalue weighted by molar-refractivity contribution is -0.145. The van der Waals surface area contributed by atoms with Crippen LogP contribution < -0.4 is 10.1 Å². The van der Waals surface area contributed by atoms with E-state index in [0.717, 1.165) is 6.54 Å². The minimum Gasteiger partial charge on any atom is -0.482 e. The van der Waals surface area contributed by atoms with E-state index >= 15 is 0 Å². The summed E-state index contributed by atoms with van der Waals surface area (Å²) in [5.41, 5.74) is -0.459. The quantitative estimate of drug-likeness (QED) is 0.841. The van der Waals surface area contributed by atoms with Gasteiger partial charge in [-0.1, -0.05) is 0 Å². The fourth-order valence-corrected chi connectivity index (χ4v) is 3.29. The predicted molar refractivity (Wildman–Crippen MR) is 83.9 cm³/mol. The highest BCUT2D eigenvalue weighted by Gasteiger charge is 2.46. The van der Waals surface area contributed by atoms with Crippen molar-refractivity contribution >= 4 is 11.8 Å². The number of rotatable bonds is 3. The van der Waals surface area contributed by atoms with E-state index in [-0.39, 0.29) is 18.4 Å². The third kappa shape index (κ3) is 3.14. The lowest BCUT2D eigenvalue weighted by Gasteiger charge is -2.48. The number of likely N-dealkylation sites (tertiary alicyclic amines) is 1. The van der Waals surface area contributed by atoms with Crippen LogP contribution in [0.15, 0.2) is 24.5 Å². The third-order valence-corrected chi connectivity index (χ3v) is 4.83. The minimum absolute atomic E-state index is 0.000723. The Kier molecular flexibility index (Phi) is 4.47. The molecule has 7 nitrogen and oxygen atoms in total. The second-order valence-electron chi connectivity index (χ2n) is 6.07. The zero-order chi connectivity index (χ0) is 16.3. The molecule has 0 saturated carbocycles. The number of carbonyl (C=O) groups excluding carboxylic acids is 2. The Labute approximate surface area is 135 Å². The van der Waals surface area contributed by atoms with Crippen LogP contribution in [0.4, 0.5) is 0 Å². The van der Waals surface area contributed by atoms with Gasteiger partial charge in [0.15, 0.2) is 6.61 Å². The highest BCUT2D eigenvalue weighted by molar-refractivity contribution is 5.87. The Morgan fingerprint density at radius 1 is 1.39 bits per heavy atom. The molecule has 1 spiro atoms. The normalized spacial score (nSPS) is 21.1. The molecule has 124 valence electrons. The third-order valence-electron chi connectivity index (χ3n) is 4.83. The molecule has 0 radical (unpaired) electrons. The lowest BCUT2D eigenvalue weighted by Crippen LogP contribution is -2.67. The molecular weight excluding hydrogens is 296 g/mol. The van der Waals surface area contributed by atoms with E-state index in [4.69, 9.17) is 4.74 Å². The fraction of sp³-hybridized carbons (Fsp3) is 0.562. The van der Waals surface area contributed by atoms with Crippen LogP contribution in [0.3, 0.4) is 0 Å². The molecule has 0 atom stereocenters. The van der Waals surface area contributed by atoms with Gasteiger partial charge >= 0.3 is 0 Å². The van der Waals surface area contributed by atoms with E-state index in [1.165, 1.54) is 0 Å². The Bertz CT molecular complexity index is 570. The Morgan fingerprint density at radius 3 is 2.83 bits per heavy atom. The smallest absolute Gasteiger partial charge is 0.260 e. The lowest BCUT2D eigenvalue weighted by atomic mass is 9.83. The van der Waals surface area contributed by atoms with Gasteiger partial charge in [-0.2, -0.15) is 0 Å². The zero-order valence-corrected chi connectivity index (χ0v) is 13.3. The Balaban J connectivity index is 1.54. The summed E-state index contributed by atoms with van der Waals surface area (Å²) in [6.07, 6.45) is 4.56. The summed E-state index contributed by atoms with van der Waals surface area (Å²) in [7, 11) is 1.99.